The van der Waals surface area contributed by atoms with E-state index in [0.717, 1.165) is 6.07 Å². The molecule has 0 amide bonds. The van der Waals surface area contributed by atoms with Crippen LogP contribution in [0.3, 0.4) is 0 Å². The average molecular weight is 352 g/mol. The summed E-state index contributed by atoms with van der Waals surface area (Å²) in [5.41, 5.74) is 5.67. The van der Waals surface area contributed by atoms with Crippen LogP contribution in [0.4, 0.5) is 0 Å². The van der Waals surface area contributed by atoms with Gasteiger partial charge in [0.15, 0.2) is 0 Å². The molecule has 0 heterocycles. The third kappa shape index (κ3) is 5.13. The number of rotatable bonds is 6. The highest BCUT2D eigenvalue weighted by Crippen LogP contribution is 2.31. The van der Waals surface area contributed by atoms with Gasteiger partial charge >= 0.3 is 5.97 Å². The fourth-order valence-corrected chi connectivity index (χ4v) is 2.50. The van der Waals surface area contributed by atoms with Crippen LogP contribution in [0, 0.1) is 5.92 Å². The summed E-state index contributed by atoms with van der Waals surface area (Å²) in [5, 5.41) is 9.78. The van der Waals surface area contributed by atoms with Crippen LogP contribution in [0.1, 0.15) is 19.4 Å². The van der Waals surface area contributed by atoms with Crippen molar-refractivity contribution in [2.45, 2.75) is 31.2 Å². The number of ether oxygens (including phenoxy) is 1. The molecular formula is C13H18ClNO6S. The van der Waals surface area contributed by atoms with E-state index in [4.69, 9.17) is 26.6 Å². The summed E-state index contributed by atoms with van der Waals surface area (Å²) in [7, 11) is -4.66. The summed E-state index contributed by atoms with van der Waals surface area (Å²) in [6, 6.07) is 1.77. The number of nitrogens with two attached hydrogens (primary N) is 1. The highest BCUT2D eigenvalue weighted by atomic mass is 35.5. The number of phenols is 1. The first-order valence-electron chi connectivity index (χ1n) is 6.42. The van der Waals surface area contributed by atoms with Crippen LogP contribution in [0.5, 0.6) is 5.75 Å². The first-order chi connectivity index (χ1) is 10.0. The Morgan fingerprint density at radius 3 is 2.50 bits per heavy atom. The fraction of sp³-hybridized carbons (Fsp3) is 0.462. The molecule has 0 aliphatic heterocycles. The Morgan fingerprint density at radius 2 is 2.00 bits per heavy atom. The highest BCUT2D eigenvalue weighted by molar-refractivity contribution is 7.86. The van der Waals surface area contributed by atoms with Gasteiger partial charge in [0.05, 0.1) is 6.42 Å². The predicted molar refractivity (Wildman–Crippen MR) is 80.4 cm³/mol. The topological polar surface area (TPSA) is 127 Å². The van der Waals surface area contributed by atoms with E-state index in [2.05, 4.69) is 0 Å². The van der Waals surface area contributed by atoms with Crippen LogP contribution < -0.4 is 5.73 Å². The monoisotopic (exact) mass is 351 g/mol. The number of hydrogen-bond donors (Lipinski definition) is 3. The SMILES string of the molecule is CC(C)[C@H](N)COC(=O)Cc1cc(Cl)cc(S(=O)(=O)O)c1O. The Kier molecular flexibility index (Phi) is 6.18. The van der Waals surface area contributed by atoms with Crippen LogP contribution in [0.2, 0.25) is 5.02 Å². The van der Waals surface area contributed by atoms with Crippen molar-refractivity contribution >= 4 is 27.7 Å². The molecule has 0 unspecified atom stereocenters. The summed E-state index contributed by atoms with van der Waals surface area (Å²) in [6.45, 7) is 3.75. The molecule has 7 nitrogen and oxygen atoms in total. The molecule has 0 bridgehead atoms. The molecule has 1 rings (SSSR count). The van der Waals surface area contributed by atoms with Crippen molar-refractivity contribution in [2.75, 3.05) is 6.61 Å². The third-order valence-electron chi connectivity index (χ3n) is 3.02. The molecule has 124 valence electrons. The molecule has 1 atom stereocenters. The molecule has 0 aliphatic rings. The fourth-order valence-electron chi connectivity index (χ4n) is 1.55. The smallest absolute Gasteiger partial charge is 0.310 e. The molecule has 0 spiro atoms. The van der Waals surface area contributed by atoms with E-state index >= 15 is 0 Å². The van der Waals surface area contributed by atoms with Crippen LogP contribution in [-0.2, 0) is 26.1 Å². The largest absolute Gasteiger partial charge is 0.506 e. The predicted octanol–water partition coefficient (Wildman–Crippen LogP) is 1.36. The van der Waals surface area contributed by atoms with Gasteiger partial charge in [0, 0.05) is 16.6 Å². The third-order valence-corrected chi connectivity index (χ3v) is 4.11. The van der Waals surface area contributed by atoms with Gasteiger partial charge in [-0.3, -0.25) is 9.35 Å². The number of hydrogen-bond acceptors (Lipinski definition) is 6. The maximum atomic E-state index is 11.7. The lowest BCUT2D eigenvalue weighted by Crippen LogP contribution is -2.33. The molecule has 0 aliphatic carbocycles. The van der Waals surface area contributed by atoms with Gasteiger partial charge in [-0.15, -0.1) is 0 Å². The minimum atomic E-state index is -4.66. The molecule has 0 saturated heterocycles. The van der Waals surface area contributed by atoms with Crippen molar-refractivity contribution in [1.82, 2.24) is 0 Å². The van der Waals surface area contributed by atoms with E-state index in [1.165, 1.54) is 6.07 Å². The summed E-state index contributed by atoms with van der Waals surface area (Å²) in [5.74, 6) is -1.31. The molecule has 0 fully saturated rings. The molecule has 4 N–H and O–H groups in total. The van der Waals surface area contributed by atoms with Gasteiger partial charge in [0.1, 0.15) is 17.3 Å². The first-order valence-corrected chi connectivity index (χ1v) is 8.24. The Bertz CT molecular complexity index is 659. The normalized spacial score (nSPS) is 13.2. The highest BCUT2D eigenvalue weighted by Gasteiger charge is 2.21. The Balaban J connectivity index is 2.90. The number of carbonyl (C=O) groups excluding carboxylic acids is 1. The number of halogens is 1. The van der Waals surface area contributed by atoms with Crippen molar-refractivity contribution < 1.29 is 27.6 Å². The van der Waals surface area contributed by atoms with Crippen LogP contribution >= 0.6 is 11.6 Å². The second kappa shape index (κ2) is 7.28. The van der Waals surface area contributed by atoms with Gasteiger partial charge in [-0.25, -0.2) is 0 Å². The quantitative estimate of drug-likeness (QED) is 0.521. The molecule has 1 aromatic carbocycles. The van der Waals surface area contributed by atoms with Crippen molar-refractivity contribution in [3.63, 3.8) is 0 Å². The van der Waals surface area contributed by atoms with Crippen LogP contribution in [0.15, 0.2) is 17.0 Å². The zero-order valence-electron chi connectivity index (χ0n) is 12.1. The van der Waals surface area contributed by atoms with Crippen molar-refractivity contribution in [1.29, 1.82) is 0 Å². The van der Waals surface area contributed by atoms with E-state index in [9.17, 15) is 18.3 Å². The van der Waals surface area contributed by atoms with Gasteiger partial charge < -0.3 is 15.6 Å². The molecule has 9 heteroatoms. The zero-order valence-corrected chi connectivity index (χ0v) is 13.7. The minimum absolute atomic E-state index is 0.00296. The lowest BCUT2D eigenvalue weighted by atomic mass is 10.1. The van der Waals surface area contributed by atoms with Crippen LogP contribution in [0.25, 0.3) is 0 Å². The standard InChI is InChI=1S/C13H18ClNO6S/c1-7(2)10(15)6-21-12(16)4-8-3-9(14)5-11(13(8)17)22(18,19)20/h3,5,7,10,17H,4,6,15H2,1-2H3,(H,18,19,20)/t10-/m1/s1. The summed E-state index contributed by atoms with van der Waals surface area (Å²) in [6.07, 6.45) is -0.403. The van der Waals surface area contributed by atoms with Crippen molar-refractivity contribution in [3.05, 3.63) is 22.7 Å². The maximum absolute atomic E-state index is 11.7. The summed E-state index contributed by atoms with van der Waals surface area (Å²) < 4.78 is 36.2. The minimum Gasteiger partial charge on any atom is -0.506 e. The van der Waals surface area contributed by atoms with E-state index in [-0.39, 0.29) is 29.2 Å². The second-order valence-electron chi connectivity index (χ2n) is 5.15. The Morgan fingerprint density at radius 1 is 1.41 bits per heavy atom. The lowest BCUT2D eigenvalue weighted by Gasteiger charge is -2.15. The maximum Gasteiger partial charge on any atom is 0.310 e. The number of benzene rings is 1. The van der Waals surface area contributed by atoms with Crippen molar-refractivity contribution in [2.24, 2.45) is 11.7 Å². The number of aromatic hydroxyl groups is 1. The molecular weight excluding hydrogens is 334 g/mol. The molecule has 0 radical (unpaired) electrons. The van der Waals surface area contributed by atoms with E-state index < -0.39 is 33.2 Å². The Labute approximate surface area is 133 Å². The average Bonchev–Trinajstić information content (AvgIpc) is 2.38. The van der Waals surface area contributed by atoms with Crippen LogP contribution in [-0.4, -0.2) is 36.7 Å². The summed E-state index contributed by atoms with van der Waals surface area (Å²) in [4.78, 5) is 11.0. The Hall–Kier alpha value is -1.35. The zero-order chi connectivity index (χ0) is 17.1. The number of esters is 1. The number of carbonyl (C=O) groups is 1. The second-order valence-corrected chi connectivity index (χ2v) is 6.98. The van der Waals surface area contributed by atoms with Gasteiger partial charge in [0.2, 0.25) is 0 Å². The van der Waals surface area contributed by atoms with E-state index in [0.29, 0.717) is 0 Å². The molecule has 1 aromatic rings. The van der Waals surface area contributed by atoms with E-state index in [1.54, 1.807) is 0 Å². The van der Waals surface area contributed by atoms with Gasteiger partial charge in [-0.1, -0.05) is 25.4 Å². The summed E-state index contributed by atoms with van der Waals surface area (Å²) >= 11 is 5.72. The lowest BCUT2D eigenvalue weighted by molar-refractivity contribution is -0.143. The first kappa shape index (κ1) is 18.7. The van der Waals surface area contributed by atoms with Crippen molar-refractivity contribution in [3.8, 4) is 5.75 Å². The van der Waals surface area contributed by atoms with Gasteiger partial charge in [0.25, 0.3) is 10.1 Å². The van der Waals surface area contributed by atoms with Gasteiger partial charge in [-0.05, 0) is 18.1 Å². The molecule has 22 heavy (non-hydrogen) atoms. The van der Waals surface area contributed by atoms with E-state index in [1.807, 2.05) is 13.8 Å². The van der Waals surface area contributed by atoms with Gasteiger partial charge in [-0.2, -0.15) is 8.42 Å². The molecule has 0 aromatic heterocycles. The number of phenolic OH excluding ortho intramolecular Hbond substituents is 1. The molecule has 0 saturated carbocycles.